The molecule has 23 heavy (non-hydrogen) atoms. The summed E-state index contributed by atoms with van der Waals surface area (Å²) in [6.45, 7) is 0. The van der Waals surface area contributed by atoms with Crippen molar-refractivity contribution >= 4 is 17.4 Å². The molecule has 2 rings (SSSR count). The molecule has 118 valence electrons. The van der Waals surface area contributed by atoms with Crippen molar-refractivity contribution in [3.05, 3.63) is 71.9 Å². The van der Waals surface area contributed by atoms with Crippen LogP contribution < -0.4 is 5.32 Å². The van der Waals surface area contributed by atoms with Crippen LogP contribution in [-0.2, 0) is 0 Å². The van der Waals surface area contributed by atoms with E-state index in [-0.39, 0.29) is 23.0 Å². The highest BCUT2D eigenvalue weighted by Crippen LogP contribution is 2.16. The molecule has 0 radical (unpaired) electrons. The topological polar surface area (TPSA) is 69.6 Å². The van der Waals surface area contributed by atoms with E-state index >= 15 is 0 Å². The second-order valence-corrected chi connectivity index (χ2v) is 5.14. The Balaban J connectivity index is 1.99. The van der Waals surface area contributed by atoms with E-state index in [4.69, 9.17) is 0 Å². The van der Waals surface area contributed by atoms with Gasteiger partial charge in [-0.1, -0.05) is 12.1 Å². The molecule has 5 nitrogen and oxygen atoms in total. The Labute approximate surface area is 134 Å². The first kappa shape index (κ1) is 16.3. The normalized spacial score (nSPS) is 10.5. The number of hydrogen-bond acceptors (Lipinski definition) is 4. The van der Waals surface area contributed by atoms with E-state index in [1.54, 1.807) is 56.6 Å². The lowest BCUT2D eigenvalue weighted by molar-refractivity contribution is 0.0827. The van der Waals surface area contributed by atoms with Gasteiger partial charge in [0.25, 0.3) is 5.91 Å². The van der Waals surface area contributed by atoms with Crippen molar-refractivity contribution in [3.8, 4) is 5.75 Å². The Hall–Kier alpha value is -3.08. The highest BCUT2D eigenvalue weighted by atomic mass is 16.3. The zero-order valence-corrected chi connectivity index (χ0v) is 13.0. The quantitative estimate of drug-likeness (QED) is 0.658. The molecule has 5 heteroatoms. The van der Waals surface area contributed by atoms with Crippen LogP contribution in [0.1, 0.15) is 20.7 Å². The standard InChI is InChI=1S/C18H18N2O3/c1-20(2)18(23)13-7-9-14(10-8-13)19-12-11-17(22)15-5-3-4-6-16(15)21/h3-12,19,21H,1-2H3/b12-11+. The number of aromatic hydroxyl groups is 1. The number of rotatable bonds is 5. The van der Waals surface area contributed by atoms with Gasteiger partial charge < -0.3 is 15.3 Å². The van der Waals surface area contributed by atoms with E-state index in [1.807, 2.05) is 0 Å². The average Bonchev–Trinajstić information content (AvgIpc) is 2.55. The lowest BCUT2D eigenvalue weighted by Gasteiger charge is -2.10. The molecule has 0 atom stereocenters. The molecule has 0 unspecified atom stereocenters. The second kappa shape index (κ2) is 7.26. The van der Waals surface area contributed by atoms with E-state index in [2.05, 4.69) is 5.32 Å². The molecule has 0 fully saturated rings. The van der Waals surface area contributed by atoms with Gasteiger partial charge in [-0.15, -0.1) is 0 Å². The Morgan fingerprint density at radius 3 is 2.30 bits per heavy atom. The summed E-state index contributed by atoms with van der Waals surface area (Å²) in [5, 5.41) is 12.6. The SMILES string of the molecule is CN(C)C(=O)c1ccc(N/C=C/C(=O)c2ccccc2O)cc1. The van der Waals surface area contributed by atoms with Crippen molar-refractivity contribution in [2.75, 3.05) is 19.4 Å². The number of hydrogen-bond donors (Lipinski definition) is 2. The highest BCUT2D eigenvalue weighted by Gasteiger charge is 2.07. The van der Waals surface area contributed by atoms with Gasteiger partial charge in [0.15, 0.2) is 5.78 Å². The molecule has 0 heterocycles. The number of benzene rings is 2. The maximum atomic E-state index is 11.9. The van der Waals surface area contributed by atoms with E-state index in [0.29, 0.717) is 5.56 Å². The van der Waals surface area contributed by atoms with Crippen LogP contribution in [0.4, 0.5) is 5.69 Å². The van der Waals surface area contributed by atoms with Crippen LogP contribution in [0.5, 0.6) is 5.75 Å². The molecule has 2 aromatic carbocycles. The molecular weight excluding hydrogens is 292 g/mol. The number of phenolic OH excluding ortho intramolecular Hbond substituents is 1. The van der Waals surface area contributed by atoms with Gasteiger partial charge in [-0.25, -0.2) is 0 Å². The van der Waals surface area contributed by atoms with E-state index in [0.717, 1.165) is 5.69 Å². The molecule has 2 aromatic rings. The van der Waals surface area contributed by atoms with Crippen molar-refractivity contribution in [3.63, 3.8) is 0 Å². The van der Waals surface area contributed by atoms with Crippen LogP contribution in [0.15, 0.2) is 60.8 Å². The number of allylic oxidation sites excluding steroid dienone is 1. The van der Waals surface area contributed by atoms with Crippen molar-refractivity contribution in [2.45, 2.75) is 0 Å². The number of nitrogens with zero attached hydrogens (tertiary/aromatic N) is 1. The number of nitrogens with one attached hydrogen (secondary N) is 1. The summed E-state index contributed by atoms with van der Waals surface area (Å²) >= 11 is 0. The van der Waals surface area contributed by atoms with Crippen LogP contribution in [0.2, 0.25) is 0 Å². The summed E-state index contributed by atoms with van der Waals surface area (Å²) in [6.07, 6.45) is 2.84. The molecule has 2 N–H and O–H groups in total. The van der Waals surface area contributed by atoms with Gasteiger partial charge in [0.2, 0.25) is 0 Å². The van der Waals surface area contributed by atoms with Gasteiger partial charge in [0, 0.05) is 37.6 Å². The maximum absolute atomic E-state index is 11.9. The van der Waals surface area contributed by atoms with E-state index in [1.165, 1.54) is 23.2 Å². The van der Waals surface area contributed by atoms with E-state index < -0.39 is 0 Å². The van der Waals surface area contributed by atoms with Crippen LogP contribution in [-0.4, -0.2) is 35.8 Å². The number of phenols is 1. The number of carbonyl (C=O) groups is 2. The van der Waals surface area contributed by atoms with Crippen molar-refractivity contribution in [1.29, 1.82) is 0 Å². The number of ketones is 1. The smallest absolute Gasteiger partial charge is 0.253 e. The van der Waals surface area contributed by atoms with Gasteiger partial charge in [0.1, 0.15) is 5.75 Å². The fourth-order valence-electron chi connectivity index (χ4n) is 1.95. The summed E-state index contributed by atoms with van der Waals surface area (Å²) in [6, 6.07) is 13.3. The van der Waals surface area contributed by atoms with Crippen molar-refractivity contribution < 1.29 is 14.7 Å². The van der Waals surface area contributed by atoms with Gasteiger partial charge in [-0.05, 0) is 36.4 Å². The summed E-state index contributed by atoms with van der Waals surface area (Å²) < 4.78 is 0. The lowest BCUT2D eigenvalue weighted by Crippen LogP contribution is -2.21. The lowest BCUT2D eigenvalue weighted by atomic mass is 10.1. The van der Waals surface area contributed by atoms with Gasteiger partial charge in [-0.2, -0.15) is 0 Å². The Morgan fingerprint density at radius 2 is 1.70 bits per heavy atom. The zero-order chi connectivity index (χ0) is 16.8. The molecular formula is C18H18N2O3. The Kier molecular flexibility index (Phi) is 5.15. The van der Waals surface area contributed by atoms with E-state index in [9.17, 15) is 14.7 Å². The monoisotopic (exact) mass is 310 g/mol. The highest BCUT2D eigenvalue weighted by molar-refractivity contribution is 6.06. The molecule has 0 bridgehead atoms. The number of carbonyl (C=O) groups excluding carboxylic acids is 2. The summed E-state index contributed by atoms with van der Waals surface area (Å²) in [5.41, 5.74) is 1.59. The molecule has 0 spiro atoms. The summed E-state index contributed by atoms with van der Waals surface area (Å²) in [7, 11) is 3.39. The Morgan fingerprint density at radius 1 is 1.04 bits per heavy atom. The molecule has 0 aliphatic rings. The minimum absolute atomic E-state index is 0.0475. The first-order valence-corrected chi connectivity index (χ1v) is 7.06. The molecule has 0 aromatic heterocycles. The number of amides is 1. The second-order valence-electron chi connectivity index (χ2n) is 5.14. The van der Waals surface area contributed by atoms with Crippen molar-refractivity contribution in [2.24, 2.45) is 0 Å². The number of anilines is 1. The predicted molar refractivity (Wildman–Crippen MR) is 89.7 cm³/mol. The summed E-state index contributed by atoms with van der Waals surface area (Å²) in [5.74, 6) is -0.412. The van der Waals surface area contributed by atoms with Crippen LogP contribution in [0.3, 0.4) is 0 Å². The van der Waals surface area contributed by atoms with Crippen LogP contribution >= 0.6 is 0 Å². The molecule has 0 aliphatic carbocycles. The molecule has 0 saturated heterocycles. The fraction of sp³-hybridized carbons (Fsp3) is 0.111. The first-order valence-electron chi connectivity index (χ1n) is 7.06. The minimum Gasteiger partial charge on any atom is -0.507 e. The number of para-hydroxylation sites is 1. The average molecular weight is 310 g/mol. The van der Waals surface area contributed by atoms with Gasteiger partial charge in [0.05, 0.1) is 5.56 Å². The summed E-state index contributed by atoms with van der Waals surface area (Å²) in [4.78, 5) is 25.2. The van der Waals surface area contributed by atoms with Crippen LogP contribution in [0, 0.1) is 0 Å². The third-order valence-electron chi connectivity index (χ3n) is 3.19. The zero-order valence-electron chi connectivity index (χ0n) is 13.0. The van der Waals surface area contributed by atoms with Gasteiger partial charge in [-0.3, -0.25) is 9.59 Å². The maximum Gasteiger partial charge on any atom is 0.253 e. The fourth-order valence-corrected chi connectivity index (χ4v) is 1.95. The van der Waals surface area contributed by atoms with Crippen molar-refractivity contribution in [1.82, 2.24) is 4.90 Å². The first-order chi connectivity index (χ1) is 11.0. The predicted octanol–water partition coefficient (Wildman–Crippen LogP) is 2.90. The molecule has 1 amide bonds. The largest absolute Gasteiger partial charge is 0.507 e. The molecule has 0 aliphatic heterocycles. The van der Waals surface area contributed by atoms with Gasteiger partial charge >= 0.3 is 0 Å². The third-order valence-corrected chi connectivity index (χ3v) is 3.19. The van der Waals surface area contributed by atoms with Crippen LogP contribution in [0.25, 0.3) is 0 Å². The Bertz CT molecular complexity index is 734. The molecule has 0 saturated carbocycles. The third kappa shape index (κ3) is 4.20. The minimum atomic E-state index is -0.296.